The largest absolute Gasteiger partial charge is 0.366 e. The van der Waals surface area contributed by atoms with E-state index in [-0.39, 0.29) is 0 Å². The third kappa shape index (κ3) is 1.16. The van der Waals surface area contributed by atoms with E-state index >= 15 is 0 Å². The standard InChI is InChI=1S/C5H10O2S/c1-8-4-2-5(6,7)3-4/h4,6-7H,2-3H2,1H3. The molecule has 0 heterocycles. The van der Waals surface area contributed by atoms with Gasteiger partial charge in [-0.2, -0.15) is 11.8 Å². The normalized spacial score (nSPS) is 27.4. The minimum absolute atomic E-state index is 0.477. The van der Waals surface area contributed by atoms with E-state index in [2.05, 4.69) is 0 Å². The summed E-state index contributed by atoms with van der Waals surface area (Å²) in [6, 6.07) is 0. The third-order valence-electron chi connectivity index (χ3n) is 1.44. The molecule has 48 valence electrons. The molecular weight excluding hydrogens is 124 g/mol. The van der Waals surface area contributed by atoms with Crippen molar-refractivity contribution < 1.29 is 10.2 Å². The fourth-order valence-electron chi connectivity index (χ4n) is 0.836. The molecule has 3 heteroatoms. The lowest BCUT2D eigenvalue weighted by Gasteiger charge is -2.37. The van der Waals surface area contributed by atoms with Gasteiger partial charge in [-0.3, -0.25) is 0 Å². The second-order valence-corrected chi connectivity index (χ2v) is 3.39. The van der Waals surface area contributed by atoms with Crippen LogP contribution in [0.3, 0.4) is 0 Å². The SMILES string of the molecule is CSC1CC(O)(O)C1. The zero-order valence-electron chi connectivity index (χ0n) is 4.79. The van der Waals surface area contributed by atoms with E-state index in [1.54, 1.807) is 11.8 Å². The number of hydrogen-bond acceptors (Lipinski definition) is 3. The predicted octanol–water partition coefficient (Wildman–Crippen LogP) is 0.193. The fraction of sp³-hybridized carbons (Fsp3) is 1.00. The maximum Gasteiger partial charge on any atom is 0.164 e. The Bertz CT molecular complexity index is 84.4. The molecule has 0 amide bonds. The second-order valence-electron chi connectivity index (χ2n) is 2.25. The highest BCUT2D eigenvalue weighted by atomic mass is 32.2. The van der Waals surface area contributed by atoms with E-state index in [1.807, 2.05) is 6.26 Å². The number of hydrogen-bond donors (Lipinski definition) is 2. The Balaban J connectivity index is 2.21. The molecule has 1 rings (SSSR count). The van der Waals surface area contributed by atoms with E-state index in [9.17, 15) is 0 Å². The van der Waals surface area contributed by atoms with Crippen LogP contribution in [0.15, 0.2) is 0 Å². The van der Waals surface area contributed by atoms with Crippen molar-refractivity contribution in [2.75, 3.05) is 6.26 Å². The Morgan fingerprint density at radius 1 is 1.50 bits per heavy atom. The molecular formula is C5H10O2S. The summed E-state index contributed by atoms with van der Waals surface area (Å²) in [5.41, 5.74) is 0. The molecule has 1 saturated carbocycles. The fourth-order valence-corrected chi connectivity index (χ4v) is 1.70. The predicted molar refractivity (Wildman–Crippen MR) is 33.7 cm³/mol. The van der Waals surface area contributed by atoms with Gasteiger partial charge in [0.05, 0.1) is 0 Å². The zero-order chi connectivity index (χ0) is 6.20. The first-order chi connectivity index (χ1) is 3.64. The Hall–Kier alpha value is 0.270. The van der Waals surface area contributed by atoms with Gasteiger partial charge in [0.25, 0.3) is 0 Å². The monoisotopic (exact) mass is 134 g/mol. The highest BCUT2D eigenvalue weighted by molar-refractivity contribution is 7.99. The third-order valence-corrected chi connectivity index (χ3v) is 2.44. The van der Waals surface area contributed by atoms with Crippen LogP contribution < -0.4 is 0 Å². The molecule has 0 bridgehead atoms. The van der Waals surface area contributed by atoms with E-state index in [0.29, 0.717) is 18.1 Å². The quantitative estimate of drug-likeness (QED) is 0.503. The molecule has 2 N–H and O–H groups in total. The van der Waals surface area contributed by atoms with E-state index in [0.717, 1.165) is 0 Å². The van der Waals surface area contributed by atoms with Gasteiger partial charge < -0.3 is 10.2 Å². The molecule has 0 radical (unpaired) electrons. The number of aliphatic hydroxyl groups is 2. The Morgan fingerprint density at radius 3 is 2.12 bits per heavy atom. The average molecular weight is 134 g/mol. The van der Waals surface area contributed by atoms with Gasteiger partial charge in [-0.25, -0.2) is 0 Å². The highest BCUT2D eigenvalue weighted by Gasteiger charge is 2.39. The molecule has 0 unspecified atom stereocenters. The highest BCUT2D eigenvalue weighted by Crippen LogP contribution is 2.36. The molecule has 0 aliphatic heterocycles. The molecule has 0 saturated heterocycles. The summed E-state index contributed by atoms with van der Waals surface area (Å²) in [5, 5.41) is 18.0. The van der Waals surface area contributed by atoms with E-state index in [4.69, 9.17) is 10.2 Å². The molecule has 0 aromatic carbocycles. The Morgan fingerprint density at radius 2 is 2.00 bits per heavy atom. The summed E-state index contributed by atoms with van der Waals surface area (Å²) < 4.78 is 0. The smallest absolute Gasteiger partial charge is 0.164 e. The van der Waals surface area contributed by atoms with Gasteiger partial charge >= 0.3 is 0 Å². The van der Waals surface area contributed by atoms with Crippen molar-refractivity contribution in [3.8, 4) is 0 Å². The van der Waals surface area contributed by atoms with Crippen LogP contribution in [-0.2, 0) is 0 Å². The minimum atomic E-state index is -1.33. The molecule has 0 aromatic rings. The molecule has 1 aliphatic carbocycles. The molecule has 8 heavy (non-hydrogen) atoms. The summed E-state index contributed by atoms with van der Waals surface area (Å²) in [4.78, 5) is 0. The summed E-state index contributed by atoms with van der Waals surface area (Å²) in [5.74, 6) is -1.33. The molecule has 2 nitrogen and oxygen atoms in total. The van der Waals surface area contributed by atoms with E-state index in [1.165, 1.54) is 0 Å². The van der Waals surface area contributed by atoms with Crippen molar-refractivity contribution in [3.63, 3.8) is 0 Å². The first-order valence-electron chi connectivity index (χ1n) is 2.61. The lowest BCUT2D eigenvalue weighted by atomic mass is 9.91. The maximum atomic E-state index is 8.76. The second kappa shape index (κ2) is 1.90. The van der Waals surface area contributed by atoms with Crippen molar-refractivity contribution in [2.24, 2.45) is 0 Å². The Kier molecular flexibility index (Phi) is 1.52. The minimum Gasteiger partial charge on any atom is -0.366 e. The van der Waals surface area contributed by atoms with Gasteiger partial charge in [0, 0.05) is 18.1 Å². The van der Waals surface area contributed by atoms with Crippen LogP contribution >= 0.6 is 11.8 Å². The molecule has 1 aliphatic rings. The zero-order valence-corrected chi connectivity index (χ0v) is 5.61. The lowest BCUT2D eigenvalue weighted by molar-refractivity contribution is -0.206. The van der Waals surface area contributed by atoms with Crippen LogP contribution in [0.1, 0.15) is 12.8 Å². The van der Waals surface area contributed by atoms with Crippen LogP contribution in [0.25, 0.3) is 0 Å². The first-order valence-corrected chi connectivity index (χ1v) is 3.90. The van der Waals surface area contributed by atoms with Gasteiger partial charge in [-0.1, -0.05) is 0 Å². The van der Waals surface area contributed by atoms with Gasteiger partial charge in [0.2, 0.25) is 0 Å². The summed E-state index contributed by atoms with van der Waals surface area (Å²) >= 11 is 1.69. The molecule has 0 spiro atoms. The first kappa shape index (κ1) is 6.39. The van der Waals surface area contributed by atoms with Crippen LogP contribution in [0.5, 0.6) is 0 Å². The Labute approximate surface area is 52.9 Å². The van der Waals surface area contributed by atoms with Crippen molar-refractivity contribution in [1.82, 2.24) is 0 Å². The van der Waals surface area contributed by atoms with Crippen molar-refractivity contribution >= 4 is 11.8 Å². The van der Waals surface area contributed by atoms with Gasteiger partial charge in [0.15, 0.2) is 5.79 Å². The lowest BCUT2D eigenvalue weighted by Crippen LogP contribution is -2.45. The van der Waals surface area contributed by atoms with Gasteiger partial charge in [-0.15, -0.1) is 0 Å². The number of thioether (sulfide) groups is 1. The summed E-state index contributed by atoms with van der Waals surface area (Å²) in [7, 11) is 0. The van der Waals surface area contributed by atoms with Crippen molar-refractivity contribution in [2.45, 2.75) is 23.9 Å². The molecule has 1 fully saturated rings. The van der Waals surface area contributed by atoms with Crippen LogP contribution in [0, 0.1) is 0 Å². The van der Waals surface area contributed by atoms with Crippen LogP contribution in [0.4, 0.5) is 0 Å². The summed E-state index contributed by atoms with van der Waals surface area (Å²) in [6.07, 6.45) is 3.06. The summed E-state index contributed by atoms with van der Waals surface area (Å²) in [6.45, 7) is 0. The van der Waals surface area contributed by atoms with Crippen molar-refractivity contribution in [1.29, 1.82) is 0 Å². The number of rotatable bonds is 1. The van der Waals surface area contributed by atoms with Crippen LogP contribution in [-0.4, -0.2) is 27.5 Å². The molecule has 0 atom stereocenters. The maximum absolute atomic E-state index is 8.76. The topological polar surface area (TPSA) is 40.5 Å². The van der Waals surface area contributed by atoms with Gasteiger partial charge in [0.1, 0.15) is 0 Å². The van der Waals surface area contributed by atoms with Crippen LogP contribution in [0.2, 0.25) is 0 Å². The molecule has 0 aromatic heterocycles. The van der Waals surface area contributed by atoms with Gasteiger partial charge in [-0.05, 0) is 6.26 Å². The average Bonchev–Trinajstić information content (AvgIpc) is 1.60. The van der Waals surface area contributed by atoms with Crippen molar-refractivity contribution in [3.05, 3.63) is 0 Å². The van der Waals surface area contributed by atoms with E-state index < -0.39 is 5.79 Å².